The molecule has 0 saturated carbocycles. The predicted molar refractivity (Wildman–Crippen MR) is 132 cm³/mol. The molecule has 1 atom stereocenters. The number of fused-ring (bicyclic) bond motifs is 1. The number of carbonyl (C=O) groups excluding carboxylic acids is 2. The summed E-state index contributed by atoms with van der Waals surface area (Å²) in [5, 5.41) is 11.7. The molecule has 0 radical (unpaired) electrons. The lowest BCUT2D eigenvalue weighted by atomic mass is 9.94. The van der Waals surface area contributed by atoms with Crippen LogP contribution in [0.25, 0.3) is 11.0 Å². The van der Waals surface area contributed by atoms with Gasteiger partial charge in [0.2, 0.25) is 5.78 Å². The van der Waals surface area contributed by atoms with Crippen LogP contribution in [0, 0.1) is 6.92 Å². The van der Waals surface area contributed by atoms with E-state index in [2.05, 4.69) is 15.9 Å². The number of rotatable bonds is 5. The number of Topliss-reactive ketones (excluding diaryl/α,β-unsaturated/α-hetero) is 1. The molecule has 7 heteroatoms. The minimum absolute atomic E-state index is 0.0236. The topological polar surface area (TPSA) is 80.0 Å². The molecular formula is C27H20BrNO5. The lowest BCUT2D eigenvalue weighted by Crippen LogP contribution is -2.31. The van der Waals surface area contributed by atoms with Crippen LogP contribution in [0.4, 0.5) is 5.69 Å². The van der Waals surface area contributed by atoms with E-state index in [-0.39, 0.29) is 11.3 Å². The van der Waals surface area contributed by atoms with Gasteiger partial charge in [0, 0.05) is 15.5 Å². The molecule has 170 valence electrons. The fraction of sp³-hybridized carbons (Fsp3) is 0.111. The average Bonchev–Trinajstić information content (AvgIpc) is 3.37. The number of carbonyl (C=O) groups is 2. The largest absolute Gasteiger partial charge is 0.503 e. The first-order chi connectivity index (χ1) is 16.4. The van der Waals surface area contributed by atoms with Gasteiger partial charge in [-0.2, -0.15) is 0 Å². The number of ketones is 1. The minimum Gasteiger partial charge on any atom is -0.503 e. The number of halogens is 1. The molecule has 1 aliphatic heterocycles. The van der Waals surface area contributed by atoms with Crippen molar-refractivity contribution in [3.05, 3.63) is 105 Å². The Kier molecular flexibility index (Phi) is 5.49. The average molecular weight is 518 g/mol. The van der Waals surface area contributed by atoms with E-state index in [1.807, 2.05) is 43.3 Å². The maximum Gasteiger partial charge on any atom is 0.294 e. The number of hydrogen-bond acceptors (Lipinski definition) is 5. The van der Waals surface area contributed by atoms with Crippen LogP contribution in [0.1, 0.15) is 27.7 Å². The molecule has 0 bridgehead atoms. The van der Waals surface area contributed by atoms with Crippen LogP contribution in [0.3, 0.4) is 0 Å². The maximum absolute atomic E-state index is 13.7. The number of aliphatic hydroxyl groups excluding tert-OH is 1. The molecular weight excluding hydrogens is 498 g/mol. The van der Waals surface area contributed by atoms with Gasteiger partial charge >= 0.3 is 0 Å². The summed E-state index contributed by atoms with van der Waals surface area (Å²) in [5.41, 5.74) is 2.71. The second kappa shape index (κ2) is 8.50. The molecule has 6 nitrogen and oxygen atoms in total. The lowest BCUT2D eigenvalue weighted by Gasteiger charge is -2.27. The molecule has 5 rings (SSSR count). The highest BCUT2D eigenvalue weighted by atomic mass is 79.9. The van der Waals surface area contributed by atoms with Crippen molar-refractivity contribution < 1.29 is 23.8 Å². The van der Waals surface area contributed by atoms with Crippen molar-refractivity contribution in [3.63, 3.8) is 0 Å². The molecule has 1 unspecified atom stereocenters. The molecule has 0 spiro atoms. The van der Waals surface area contributed by atoms with E-state index in [9.17, 15) is 14.7 Å². The number of ether oxygens (including phenoxy) is 1. The smallest absolute Gasteiger partial charge is 0.294 e. The standard InChI is InChI=1S/C27H20BrNO5/c1-15-4-3-5-16(12-15)24-23(25(30)22-14-17-13-18(28)6-11-21(17)34-22)26(31)27(32)29(24)19-7-9-20(33-2)10-8-19/h3-14,24,31H,1-2H3. The van der Waals surface area contributed by atoms with Gasteiger partial charge in [0.05, 0.1) is 18.7 Å². The van der Waals surface area contributed by atoms with E-state index in [4.69, 9.17) is 9.15 Å². The summed E-state index contributed by atoms with van der Waals surface area (Å²) < 4.78 is 11.9. The summed E-state index contributed by atoms with van der Waals surface area (Å²) in [5.74, 6) is -1.10. The van der Waals surface area contributed by atoms with Crippen molar-refractivity contribution in [1.82, 2.24) is 0 Å². The van der Waals surface area contributed by atoms with Crippen LogP contribution < -0.4 is 9.64 Å². The molecule has 34 heavy (non-hydrogen) atoms. The number of hydrogen-bond donors (Lipinski definition) is 1. The minimum atomic E-state index is -0.826. The van der Waals surface area contributed by atoms with E-state index < -0.39 is 23.5 Å². The number of anilines is 1. The molecule has 2 heterocycles. The van der Waals surface area contributed by atoms with Crippen molar-refractivity contribution in [2.75, 3.05) is 12.0 Å². The maximum atomic E-state index is 13.7. The first-order valence-electron chi connectivity index (χ1n) is 10.6. The molecule has 1 aromatic heterocycles. The van der Waals surface area contributed by atoms with Crippen molar-refractivity contribution in [2.24, 2.45) is 0 Å². The number of aryl methyl sites for hydroxylation is 1. The summed E-state index contributed by atoms with van der Waals surface area (Å²) in [4.78, 5) is 28.4. The first-order valence-corrected chi connectivity index (χ1v) is 11.4. The predicted octanol–water partition coefficient (Wildman–Crippen LogP) is 6.30. The van der Waals surface area contributed by atoms with Gasteiger partial charge in [0.15, 0.2) is 11.5 Å². The Labute approximate surface area is 204 Å². The highest BCUT2D eigenvalue weighted by Gasteiger charge is 2.45. The molecule has 3 aromatic carbocycles. The van der Waals surface area contributed by atoms with Gasteiger partial charge in [-0.1, -0.05) is 45.8 Å². The normalized spacial score (nSPS) is 15.9. The summed E-state index contributed by atoms with van der Waals surface area (Å²) in [7, 11) is 1.56. The van der Waals surface area contributed by atoms with Crippen LogP contribution in [-0.2, 0) is 4.79 Å². The number of nitrogens with zero attached hydrogens (tertiary/aromatic N) is 1. The zero-order chi connectivity index (χ0) is 24.0. The quantitative estimate of drug-likeness (QED) is 0.314. The molecule has 1 aliphatic rings. The highest BCUT2D eigenvalue weighted by molar-refractivity contribution is 9.10. The highest BCUT2D eigenvalue weighted by Crippen LogP contribution is 2.43. The molecule has 0 fully saturated rings. The third kappa shape index (κ3) is 3.68. The zero-order valence-electron chi connectivity index (χ0n) is 18.4. The Hall–Kier alpha value is -3.84. The van der Waals surface area contributed by atoms with E-state index >= 15 is 0 Å². The van der Waals surface area contributed by atoms with E-state index in [0.29, 0.717) is 22.6 Å². The monoisotopic (exact) mass is 517 g/mol. The third-order valence-electron chi connectivity index (χ3n) is 5.86. The van der Waals surface area contributed by atoms with Gasteiger partial charge in [0.25, 0.3) is 5.91 Å². The molecule has 1 N–H and O–H groups in total. The van der Waals surface area contributed by atoms with Crippen LogP contribution in [0.5, 0.6) is 5.75 Å². The number of aliphatic hydroxyl groups is 1. The number of furan rings is 1. The molecule has 1 amide bonds. The molecule has 0 aliphatic carbocycles. The van der Waals surface area contributed by atoms with Crippen LogP contribution >= 0.6 is 15.9 Å². The van der Waals surface area contributed by atoms with Crippen molar-refractivity contribution in [1.29, 1.82) is 0 Å². The number of methoxy groups -OCH3 is 1. The van der Waals surface area contributed by atoms with Gasteiger partial charge in [-0.05, 0) is 61.0 Å². The van der Waals surface area contributed by atoms with Crippen molar-refractivity contribution in [3.8, 4) is 5.75 Å². The Morgan fingerprint density at radius 2 is 1.82 bits per heavy atom. The van der Waals surface area contributed by atoms with Gasteiger partial charge in [0.1, 0.15) is 11.3 Å². The molecule has 0 saturated heterocycles. The third-order valence-corrected chi connectivity index (χ3v) is 6.36. The number of benzene rings is 3. The SMILES string of the molecule is COc1ccc(N2C(=O)C(O)=C(C(=O)c3cc4cc(Br)ccc4o3)C2c2cccc(C)c2)cc1. The second-order valence-electron chi connectivity index (χ2n) is 8.07. The Morgan fingerprint density at radius 1 is 1.06 bits per heavy atom. The number of amides is 1. The Balaban J connectivity index is 1.65. The molecule has 4 aromatic rings. The summed E-state index contributed by atoms with van der Waals surface area (Å²) >= 11 is 3.42. The Bertz CT molecular complexity index is 1470. The van der Waals surface area contributed by atoms with E-state index in [1.165, 1.54) is 4.90 Å². The van der Waals surface area contributed by atoms with Crippen molar-refractivity contribution in [2.45, 2.75) is 13.0 Å². The van der Waals surface area contributed by atoms with Gasteiger partial charge in [-0.25, -0.2) is 0 Å². The zero-order valence-corrected chi connectivity index (χ0v) is 20.0. The Morgan fingerprint density at radius 3 is 2.53 bits per heavy atom. The van der Waals surface area contributed by atoms with Gasteiger partial charge in [-0.3, -0.25) is 14.5 Å². The van der Waals surface area contributed by atoms with Gasteiger partial charge in [-0.15, -0.1) is 0 Å². The van der Waals surface area contributed by atoms with E-state index in [0.717, 1.165) is 15.4 Å². The van der Waals surface area contributed by atoms with Crippen molar-refractivity contribution >= 4 is 44.3 Å². The van der Waals surface area contributed by atoms with Crippen LogP contribution in [-0.4, -0.2) is 23.9 Å². The van der Waals surface area contributed by atoms with Crippen LogP contribution in [0.2, 0.25) is 0 Å². The summed E-state index contributed by atoms with van der Waals surface area (Å²) in [6, 6.07) is 20.6. The fourth-order valence-electron chi connectivity index (χ4n) is 4.26. The summed E-state index contributed by atoms with van der Waals surface area (Å²) in [6.07, 6.45) is 0. The van der Waals surface area contributed by atoms with Crippen LogP contribution in [0.15, 0.2) is 93.0 Å². The summed E-state index contributed by atoms with van der Waals surface area (Å²) in [6.45, 7) is 1.93. The first kappa shape index (κ1) is 22.0. The van der Waals surface area contributed by atoms with Gasteiger partial charge < -0.3 is 14.3 Å². The lowest BCUT2D eigenvalue weighted by molar-refractivity contribution is -0.117. The fourth-order valence-corrected chi connectivity index (χ4v) is 4.64. The second-order valence-corrected chi connectivity index (χ2v) is 8.99. The van der Waals surface area contributed by atoms with E-state index in [1.54, 1.807) is 43.5 Å².